The SMILES string of the molecule is [2H]C([2H])([2H])c1c[n+](C)c(-c2c(C)ccc3c2oc2nc4c(oc5ccccc54)c(C([2H])([2H])[2H])c23)cc1C([2H])([2H])C(C)(C)C. The normalized spacial score (nSPS) is 17.1. The van der Waals surface area contributed by atoms with Crippen molar-refractivity contribution in [3.63, 3.8) is 0 Å². The Hall–Kier alpha value is -3.66. The van der Waals surface area contributed by atoms with Crippen LogP contribution in [0.2, 0.25) is 0 Å². The number of fused-ring (bicyclic) bond motifs is 6. The molecule has 6 rings (SSSR count). The number of para-hydroxylation sites is 1. The lowest BCUT2D eigenvalue weighted by Gasteiger charge is -2.19. The van der Waals surface area contributed by atoms with Gasteiger partial charge in [0.25, 0.3) is 0 Å². The van der Waals surface area contributed by atoms with Crippen LogP contribution < -0.4 is 4.57 Å². The van der Waals surface area contributed by atoms with Crippen molar-refractivity contribution in [2.45, 2.75) is 47.8 Å². The van der Waals surface area contributed by atoms with Crippen molar-refractivity contribution >= 4 is 44.1 Å². The standard InChI is InChI=1S/C31H31N2O2/c1-17-12-13-22-26-19(3)28-27(21-10-8-9-11-24(21)34-28)32-30(26)35-29(22)25(17)23-14-20(15-31(4,5)6)18(2)16-33(23)7/h8-14,16H,15H2,1-7H3/q+1/i2D3,3D3,15D2. The van der Waals surface area contributed by atoms with Gasteiger partial charge in [0.2, 0.25) is 11.4 Å². The number of hydrogen-bond donors (Lipinski definition) is 0. The highest BCUT2D eigenvalue weighted by Gasteiger charge is 2.26. The first-order valence-corrected chi connectivity index (χ1v) is 11.5. The molecule has 4 heteroatoms. The number of benzene rings is 2. The molecule has 0 saturated heterocycles. The van der Waals surface area contributed by atoms with E-state index in [0.717, 1.165) is 5.56 Å². The fourth-order valence-electron chi connectivity index (χ4n) is 4.82. The molecule has 0 aliphatic carbocycles. The molecular weight excluding hydrogens is 432 g/mol. The monoisotopic (exact) mass is 471 g/mol. The van der Waals surface area contributed by atoms with Crippen LogP contribution in [0.1, 0.15) is 54.0 Å². The van der Waals surface area contributed by atoms with Crippen molar-refractivity contribution in [1.82, 2.24) is 4.98 Å². The number of aryl methyl sites for hydroxylation is 4. The molecule has 4 nitrogen and oxygen atoms in total. The van der Waals surface area contributed by atoms with Gasteiger partial charge in [0.15, 0.2) is 17.4 Å². The highest BCUT2D eigenvalue weighted by molar-refractivity contribution is 6.15. The number of rotatable bonds is 2. The Morgan fingerprint density at radius 1 is 1.00 bits per heavy atom. The van der Waals surface area contributed by atoms with Gasteiger partial charge in [0, 0.05) is 38.9 Å². The molecule has 0 spiro atoms. The van der Waals surface area contributed by atoms with Crippen LogP contribution in [0, 0.1) is 26.0 Å². The van der Waals surface area contributed by atoms with Crippen LogP contribution in [-0.4, -0.2) is 4.98 Å². The maximum Gasteiger partial charge on any atom is 0.228 e. The summed E-state index contributed by atoms with van der Waals surface area (Å²) in [6.45, 7) is 1.95. The van der Waals surface area contributed by atoms with Gasteiger partial charge in [-0.05, 0) is 55.7 Å². The summed E-state index contributed by atoms with van der Waals surface area (Å²) < 4.78 is 82.0. The molecule has 0 unspecified atom stereocenters. The van der Waals surface area contributed by atoms with Crippen molar-refractivity contribution in [2.24, 2.45) is 12.5 Å². The molecule has 0 aliphatic heterocycles. The summed E-state index contributed by atoms with van der Waals surface area (Å²) in [5.74, 6) is 0. The van der Waals surface area contributed by atoms with Gasteiger partial charge in [-0.3, -0.25) is 0 Å². The minimum Gasteiger partial charge on any atom is -0.454 e. The number of nitrogens with zero attached hydrogens (tertiary/aromatic N) is 2. The summed E-state index contributed by atoms with van der Waals surface area (Å²) >= 11 is 0. The van der Waals surface area contributed by atoms with Gasteiger partial charge in [-0.1, -0.05) is 45.0 Å². The predicted octanol–water partition coefficient (Wildman–Crippen LogP) is 7.89. The molecular formula is C31H31N2O2+. The molecule has 0 amide bonds. The van der Waals surface area contributed by atoms with E-state index in [1.54, 1.807) is 50.6 Å². The maximum absolute atomic E-state index is 9.00. The Kier molecular flexibility index (Phi) is 3.11. The van der Waals surface area contributed by atoms with E-state index in [4.69, 9.17) is 24.8 Å². The van der Waals surface area contributed by atoms with Gasteiger partial charge in [0.1, 0.15) is 18.1 Å². The third-order valence-corrected chi connectivity index (χ3v) is 6.35. The van der Waals surface area contributed by atoms with E-state index < -0.39 is 25.5 Å². The van der Waals surface area contributed by atoms with Crippen LogP contribution in [0.15, 0.2) is 57.5 Å². The van der Waals surface area contributed by atoms with Crippen LogP contribution >= 0.6 is 0 Å². The molecule has 0 radical (unpaired) electrons. The van der Waals surface area contributed by atoms with E-state index in [-0.39, 0.29) is 28.0 Å². The van der Waals surface area contributed by atoms with E-state index in [9.17, 15) is 0 Å². The molecule has 0 bridgehead atoms. The summed E-state index contributed by atoms with van der Waals surface area (Å²) in [7, 11) is 1.70. The first-order chi connectivity index (χ1) is 19.8. The Morgan fingerprint density at radius 3 is 2.60 bits per heavy atom. The number of hydrogen-bond acceptors (Lipinski definition) is 3. The second-order valence-corrected chi connectivity index (χ2v) is 10.2. The van der Waals surface area contributed by atoms with Crippen LogP contribution in [0.25, 0.3) is 55.4 Å². The molecule has 0 atom stereocenters. The molecule has 0 saturated carbocycles. The molecule has 176 valence electrons. The molecule has 0 N–H and O–H groups in total. The van der Waals surface area contributed by atoms with Gasteiger partial charge in [0.05, 0.1) is 10.9 Å². The summed E-state index contributed by atoms with van der Waals surface area (Å²) in [5.41, 5.74) is 2.53. The van der Waals surface area contributed by atoms with E-state index in [1.807, 2.05) is 31.2 Å². The summed E-state index contributed by atoms with van der Waals surface area (Å²) in [6, 6.07) is 12.4. The van der Waals surface area contributed by atoms with Gasteiger partial charge in [-0.2, -0.15) is 0 Å². The predicted molar refractivity (Wildman–Crippen MR) is 143 cm³/mol. The number of pyridine rings is 2. The fourth-order valence-corrected chi connectivity index (χ4v) is 4.82. The van der Waals surface area contributed by atoms with Crippen LogP contribution in [0.3, 0.4) is 0 Å². The quantitative estimate of drug-likeness (QED) is 0.241. The second-order valence-electron chi connectivity index (χ2n) is 10.2. The van der Waals surface area contributed by atoms with Crippen molar-refractivity contribution < 1.29 is 24.4 Å². The summed E-state index contributed by atoms with van der Waals surface area (Å²) in [5, 5.41) is 1.49. The average molecular weight is 472 g/mol. The first-order valence-electron chi connectivity index (χ1n) is 15.5. The lowest BCUT2D eigenvalue weighted by molar-refractivity contribution is -0.660. The number of aromatic nitrogens is 2. The fraction of sp³-hybridized carbons (Fsp3) is 0.290. The lowest BCUT2D eigenvalue weighted by Crippen LogP contribution is -2.32. The van der Waals surface area contributed by atoms with Gasteiger partial charge < -0.3 is 8.83 Å². The van der Waals surface area contributed by atoms with Crippen LogP contribution in [0.5, 0.6) is 0 Å². The Bertz CT molecular complexity index is 2090. The summed E-state index contributed by atoms with van der Waals surface area (Å²) in [6.07, 6.45) is -0.551. The van der Waals surface area contributed by atoms with Crippen LogP contribution in [-0.2, 0) is 13.4 Å². The van der Waals surface area contributed by atoms with Gasteiger partial charge >= 0.3 is 0 Å². The van der Waals surface area contributed by atoms with Gasteiger partial charge in [-0.25, -0.2) is 9.55 Å². The average Bonchev–Trinajstić information content (AvgIpc) is 3.43. The zero-order valence-corrected chi connectivity index (χ0v) is 20.3. The van der Waals surface area contributed by atoms with E-state index in [1.165, 1.54) is 6.20 Å². The Labute approximate surface area is 216 Å². The summed E-state index contributed by atoms with van der Waals surface area (Å²) in [4.78, 5) is 4.75. The van der Waals surface area contributed by atoms with E-state index in [0.29, 0.717) is 44.1 Å². The highest BCUT2D eigenvalue weighted by Crippen LogP contribution is 2.41. The van der Waals surface area contributed by atoms with Crippen molar-refractivity contribution in [3.8, 4) is 11.3 Å². The smallest absolute Gasteiger partial charge is 0.228 e. The van der Waals surface area contributed by atoms with E-state index >= 15 is 0 Å². The third-order valence-electron chi connectivity index (χ3n) is 6.35. The largest absolute Gasteiger partial charge is 0.454 e. The van der Waals surface area contributed by atoms with Crippen molar-refractivity contribution in [3.05, 3.63) is 70.9 Å². The van der Waals surface area contributed by atoms with Crippen molar-refractivity contribution in [1.29, 1.82) is 0 Å². The zero-order chi connectivity index (χ0) is 31.4. The molecule has 4 heterocycles. The minimum absolute atomic E-state index is 0.00383. The second kappa shape index (κ2) is 7.42. The topological polar surface area (TPSA) is 43.0 Å². The Balaban J connectivity index is 1.75. The number of furan rings is 2. The van der Waals surface area contributed by atoms with Crippen molar-refractivity contribution in [2.75, 3.05) is 0 Å². The molecule has 35 heavy (non-hydrogen) atoms. The minimum atomic E-state index is -2.56. The highest BCUT2D eigenvalue weighted by atomic mass is 16.3. The molecule has 2 aromatic carbocycles. The zero-order valence-electron chi connectivity index (χ0n) is 28.3. The molecule has 0 fully saturated rings. The lowest BCUT2D eigenvalue weighted by atomic mass is 9.86. The first kappa shape index (κ1) is 14.7. The molecule has 4 aromatic heterocycles. The molecule has 0 aliphatic rings. The van der Waals surface area contributed by atoms with E-state index in [2.05, 4.69) is 0 Å². The third kappa shape index (κ3) is 3.35. The Morgan fingerprint density at radius 2 is 1.83 bits per heavy atom. The maximum atomic E-state index is 9.00. The van der Waals surface area contributed by atoms with Gasteiger partial charge in [-0.15, -0.1) is 0 Å². The van der Waals surface area contributed by atoms with Crippen LogP contribution in [0.4, 0.5) is 0 Å². The molecule has 6 aromatic rings.